The van der Waals surface area contributed by atoms with Crippen LogP contribution in [0.2, 0.25) is 0 Å². The number of fused-ring (bicyclic) bond motifs is 1. The third-order valence-corrected chi connectivity index (χ3v) is 2.43. The number of aliphatic hydroxyl groups excluding tert-OH is 1. The van der Waals surface area contributed by atoms with Gasteiger partial charge >= 0.3 is 0 Å². The van der Waals surface area contributed by atoms with E-state index in [1.54, 1.807) is 0 Å². The summed E-state index contributed by atoms with van der Waals surface area (Å²) in [5.41, 5.74) is 0.0980. The van der Waals surface area contributed by atoms with Gasteiger partial charge in [0.1, 0.15) is 11.5 Å². The number of aliphatic hydroxyl groups is 1. The maximum absolute atomic E-state index is 11.5. The second-order valence-electron chi connectivity index (χ2n) is 3.33. The molecule has 1 aromatic rings. The smallest absolute Gasteiger partial charge is 0.237 e. The van der Waals surface area contributed by atoms with Gasteiger partial charge in [-0.15, -0.1) is 0 Å². The topological polar surface area (TPSA) is 74.6 Å². The maximum atomic E-state index is 11.5. The van der Waals surface area contributed by atoms with E-state index in [-0.39, 0.29) is 28.2 Å². The van der Waals surface area contributed by atoms with Crippen LogP contribution in [-0.2, 0) is 4.79 Å². The molecule has 1 aliphatic rings. The van der Waals surface area contributed by atoms with Crippen LogP contribution < -0.4 is 0 Å². The summed E-state index contributed by atoms with van der Waals surface area (Å²) in [5.74, 6) is -2.09. The fourth-order valence-corrected chi connectivity index (χ4v) is 1.57. The largest absolute Gasteiger partial charge is 0.507 e. The number of allylic oxidation sites excluding steroid dienone is 1. The van der Waals surface area contributed by atoms with Crippen molar-refractivity contribution in [3.63, 3.8) is 0 Å². The van der Waals surface area contributed by atoms with E-state index < -0.39 is 11.6 Å². The van der Waals surface area contributed by atoms with E-state index in [2.05, 4.69) is 0 Å². The number of rotatable bonds is 0. The molecule has 0 amide bonds. The third-order valence-electron chi connectivity index (χ3n) is 2.43. The average molecular weight is 204 g/mol. The molecule has 1 aromatic carbocycles. The Hall–Kier alpha value is -2.10. The predicted octanol–water partition coefficient (Wildman–Crippen LogP) is 1.45. The summed E-state index contributed by atoms with van der Waals surface area (Å²) >= 11 is 0. The molecule has 0 aromatic heterocycles. The van der Waals surface area contributed by atoms with Crippen LogP contribution >= 0.6 is 0 Å². The second-order valence-corrected chi connectivity index (χ2v) is 3.33. The van der Waals surface area contributed by atoms with Gasteiger partial charge in [-0.2, -0.15) is 0 Å². The van der Waals surface area contributed by atoms with Crippen LogP contribution in [0.5, 0.6) is 5.75 Å². The van der Waals surface area contributed by atoms with E-state index in [0.717, 1.165) is 0 Å². The molecule has 2 rings (SSSR count). The molecular weight excluding hydrogens is 196 g/mol. The monoisotopic (exact) mass is 204 g/mol. The van der Waals surface area contributed by atoms with Crippen LogP contribution in [0.25, 0.3) is 5.76 Å². The number of hydrogen-bond donors (Lipinski definition) is 2. The Morgan fingerprint density at radius 2 is 1.73 bits per heavy atom. The van der Waals surface area contributed by atoms with Crippen LogP contribution in [0, 0.1) is 0 Å². The van der Waals surface area contributed by atoms with Crippen molar-refractivity contribution in [2.45, 2.75) is 6.92 Å². The molecule has 0 radical (unpaired) electrons. The molecule has 0 spiro atoms. The Labute approximate surface area is 85.5 Å². The number of phenolic OH excluding ortho intramolecular Hbond substituents is 1. The first-order valence-electron chi connectivity index (χ1n) is 4.35. The van der Waals surface area contributed by atoms with Gasteiger partial charge in [0, 0.05) is 11.1 Å². The predicted molar refractivity (Wildman–Crippen MR) is 52.7 cm³/mol. The summed E-state index contributed by atoms with van der Waals surface area (Å²) in [6, 6.07) is 4.29. The summed E-state index contributed by atoms with van der Waals surface area (Å²) in [6.45, 7) is 1.38. The van der Waals surface area contributed by atoms with Crippen molar-refractivity contribution in [1.29, 1.82) is 0 Å². The minimum Gasteiger partial charge on any atom is -0.507 e. The van der Waals surface area contributed by atoms with Crippen LogP contribution in [0.1, 0.15) is 22.8 Å². The van der Waals surface area contributed by atoms with Crippen molar-refractivity contribution in [3.8, 4) is 5.75 Å². The summed E-state index contributed by atoms with van der Waals surface area (Å²) in [7, 11) is 0. The zero-order valence-electron chi connectivity index (χ0n) is 7.94. The summed E-state index contributed by atoms with van der Waals surface area (Å²) in [6.07, 6.45) is 0. The molecule has 15 heavy (non-hydrogen) atoms. The molecule has 0 fully saturated rings. The number of carbonyl (C=O) groups excluding carboxylic acids is 2. The number of carbonyl (C=O) groups is 2. The average Bonchev–Trinajstić information content (AvgIpc) is 2.23. The van der Waals surface area contributed by atoms with Crippen LogP contribution in [0.15, 0.2) is 23.8 Å². The first-order valence-corrected chi connectivity index (χ1v) is 4.35. The molecule has 4 heteroatoms. The standard InChI is InChI=1S/C11H8O4/c1-5-9(13)6-3-2-4-7(12)8(6)11(15)10(5)14/h2-4,12-13H,1H3. The van der Waals surface area contributed by atoms with Gasteiger partial charge in [-0.05, 0) is 13.0 Å². The number of hydrogen-bond acceptors (Lipinski definition) is 4. The Balaban J connectivity index is 2.84. The van der Waals surface area contributed by atoms with Crippen molar-refractivity contribution in [2.75, 3.05) is 0 Å². The third kappa shape index (κ3) is 1.15. The number of ketones is 2. The fraction of sp³-hybridized carbons (Fsp3) is 0.0909. The quantitative estimate of drug-likeness (QED) is 0.627. The zero-order valence-corrected chi connectivity index (χ0v) is 7.94. The Bertz CT molecular complexity index is 511. The molecule has 76 valence electrons. The molecule has 0 bridgehead atoms. The molecule has 0 saturated carbocycles. The number of aromatic hydroxyl groups is 1. The minimum atomic E-state index is -0.779. The lowest BCUT2D eigenvalue weighted by Crippen LogP contribution is -2.22. The summed E-state index contributed by atoms with van der Waals surface area (Å²) < 4.78 is 0. The van der Waals surface area contributed by atoms with E-state index in [0.29, 0.717) is 0 Å². The molecule has 1 aliphatic carbocycles. The van der Waals surface area contributed by atoms with Gasteiger partial charge in [0.2, 0.25) is 11.6 Å². The highest BCUT2D eigenvalue weighted by atomic mass is 16.3. The van der Waals surface area contributed by atoms with Gasteiger partial charge in [-0.25, -0.2) is 0 Å². The van der Waals surface area contributed by atoms with Crippen molar-refractivity contribution in [3.05, 3.63) is 34.9 Å². The molecule has 0 heterocycles. The first-order chi connectivity index (χ1) is 7.04. The lowest BCUT2D eigenvalue weighted by Gasteiger charge is -2.15. The maximum Gasteiger partial charge on any atom is 0.237 e. The molecule has 0 atom stereocenters. The highest BCUT2D eigenvalue weighted by molar-refractivity contribution is 6.52. The van der Waals surface area contributed by atoms with Crippen LogP contribution in [0.4, 0.5) is 0 Å². The molecule has 0 saturated heterocycles. The van der Waals surface area contributed by atoms with Gasteiger partial charge in [-0.1, -0.05) is 12.1 Å². The van der Waals surface area contributed by atoms with Gasteiger partial charge < -0.3 is 10.2 Å². The van der Waals surface area contributed by atoms with E-state index in [1.165, 1.54) is 25.1 Å². The Morgan fingerprint density at radius 3 is 2.40 bits per heavy atom. The normalized spacial score (nSPS) is 15.5. The lowest BCUT2D eigenvalue weighted by molar-refractivity contribution is -0.111. The number of Topliss-reactive ketones (excluding diaryl/α,β-unsaturated/α-hetero) is 2. The van der Waals surface area contributed by atoms with Gasteiger partial charge in [-0.3, -0.25) is 9.59 Å². The first kappa shape index (κ1) is 9.45. The number of phenols is 1. The highest BCUT2D eigenvalue weighted by Gasteiger charge is 2.32. The molecule has 2 N–H and O–H groups in total. The van der Waals surface area contributed by atoms with Crippen molar-refractivity contribution in [1.82, 2.24) is 0 Å². The molecule has 0 aliphatic heterocycles. The van der Waals surface area contributed by atoms with Gasteiger partial charge in [0.05, 0.1) is 5.56 Å². The van der Waals surface area contributed by atoms with E-state index in [9.17, 15) is 19.8 Å². The van der Waals surface area contributed by atoms with Crippen molar-refractivity contribution < 1.29 is 19.8 Å². The number of benzene rings is 1. The summed E-state index contributed by atoms with van der Waals surface area (Å²) in [4.78, 5) is 22.9. The Kier molecular flexibility index (Phi) is 1.86. The Morgan fingerprint density at radius 1 is 1.07 bits per heavy atom. The molecule has 4 nitrogen and oxygen atoms in total. The SMILES string of the molecule is CC1=C(O)c2cccc(O)c2C(=O)C1=O. The van der Waals surface area contributed by atoms with Crippen molar-refractivity contribution in [2.24, 2.45) is 0 Å². The lowest BCUT2D eigenvalue weighted by atomic mass is 9.88. The van der Waals surface area contributed by atoms with Crippen LogP contribution in [0.3, 0.4) is 0 Å². The van der Waals surface area contributed by atoms with Gasteiger partial charge in [0.25, 0.3) is 0 Å². The minimum absolute atomic E-state index is 0.0121. The van der Waals surface area contributed by atoms with E-state index >= 15 is 0 Å². The highest BCUT2D eigenvalue weighted by Crippen LogP contribution is 2.32. The summed E-state index contributed by atoms with van der Waals surface area (Å²) in [5, 5.41) is 19.1. The molecular formula is C11H8O4. The zero-order chi connectivity index (χ0) is 11.2. The fourth-order valence-electron chi connectivity index (χ4n) is 1.57. The van der Waals surface area contributed by atoms with Gasteiger partial charge in [0.15, 0.2) is 0 Å². The second kappa shape index (κ2) is 2.95. The van der Waals surface area contributed by atoms with E-state index in [1.807, 2.05) is 0 Å². The molecule has 0 unspecified atom stereocenters. The van der Waals surface area contributed by atoms with Crippen LogP contribution in [-0.4, -0.2) is 21.8 Å². The van der Waals surface area contributed by atoms with E-state index in [4.69, 9.17) is 0 Å². The van der Waals surface area contributed by atoms with Crippen molar-refractivity contribution >= 4 is 17.3 Å².